The number of unbranched alkanes of at least 4 members (excludes halogenated alkanes) is 4. The van der Waals surface area contributed by atoms with Crippen LogP contribution in [-0.4, -0.2) is 37.7 Å². The number of aryl methyl sites for hydroxylation is 2. The molecule has 48 heavy (non-hydrogen) atoms. The highest BCUT2D eigenvalue weighted by molar-refractivity contribution is 7.80. The average Bonchev–Trinajstić information content (AvgIpc) is 3.06. The molecule has 0 aliphatic rings. The normalized spacial score (nSPS) is 16.9. The first-order valence-electron chi connectivity index (χ1n) is 18.8. The zero-order valence-electron chi connectivity index (χ0n) is 31.0. The monoisotopic (exact) mass is 722 g/mol. The van der Waals surface area contributed by atoms with Crippen LogP contribution in [0.15, 0.2) is 72.8 Å². The molecule has 3 rings (SSSR count). The van der Waals surface area contributed by atoms with E-state index in [-0.39, 0.29) is 10.8 Å². The first kappa shape index (κ1) is 41.1. The highest BCUT2D eigenvalue weighted by Gasteiger charge is 2.45. The smallest absolute Gasteiger partial charge is 0.186 e. The van der Waals surface area contributed by atoms with E-state index in [0.717, 1.165) is 87.0 Å². The van der Waals surface area contributed by atoms with Gasteiger partial charge in [0.15, 0.2) is 16.6 Å². The van der Waals surface area contributed by atoms with Crippen LogP contribution in [0.4, 0.5) is 0 Å². The van der Waals surface area contributed by atoms with Crippen LogP contribution in [0.25, 0.3) is 0 Å². The molecule has 0 fully saturated rings. The van der Waals surface area contributed by atoms with E-state index in [1.807, 2.05) is 0 Å². The Labute approximate surface area is 307 Å². The van der Waals surface area contributed by atoms with E-state index in [1.54, 1.807) is 0 Å². The van der Waals surface area contributed by atoms with Gasteiger partial charge in [0.05, 0.1) is 0 Å². The number of hydrogen-bond donors (Lipinski definition) is 4. The van der Waals surface area contributed by atoms with Gasteiger partial charge in [-0.3, -0.25) is 0 Å². The van der Waals surface area contributed by atoms with E-state index >= 15 is 0 Å². The third kappa shape index (κ3) is 11.4. The Kier molecular flexibility index (Phi) is 16.6. The second-order valence-electron chi connectivity index (χ2n) is 15.4. The van der Waals surface area contributed by atoms with Crippen molar-refractivity contribution in [1.29, 1.82) is 0 Å². The highest BCUT2D eigenvalue weighted by Crippen LogP contribution is 2.49. The van der Waals surface area contributed by atoms with Crippen molar-refractivity contribution in [3.8, 4) is 0 Å². The van der Waals surface area contributed by atoms with Gasteiger partial charge in [-0.15, -0.1) is 0 Å². The Morgan fingerprint density at radius 3 is 1.25 bits per heavy atom. The second kappa shape index (κ2) is 19.4. The van der Waals surface area contributed by atoms with Crippen molar-refractivity contribution in [3.05, 3.63) is 106 Å². The number of hydrogen-bond acceptors (Lipinski definition) is 4. The van der Waals surface area contributed by atoms with Crippen LogP contribution >= 0.6 is 25.3 Å². The van der Waals surface area contributed by atoms with Crippen LogP contribution in [0.2, 0.25) is 37.3 Å². The molecule has 0 heterocycles. The predicted octanol–water partition coefficient (Wildman–Crippen LogP) is 11.8. The summed E-state index contributed by atoms with van der Waals surface area (Å²) in [4.78, 5) is 24.4. The summed E-state index contributed by atoms with van der Waals surface area (Å²) in [5.74, 6) is 1.61. The Balaban J connectivity index is 2.37. The fourth-order valence-electron chi connectivity index (χ4n) is 8.11. The molecular formula is C42H66O2S2Si2. The standard InChI is InChI=1S/C42H66O2S2Si2/c1-7-9-11-26-41(33-47(5,43)30-14-28-45,37-22-18-35(3)19-23-37)39-16-13-17-40(32-39)42(27-12-10-8-2,34-48(6,44)31-15-29-46)38-24-20-36(4)21-25-38/h13,16-25,32,43-46H,7-12,14-15,26-31,33-34H2,1-6H3. The molecular weight excluding hydrogens is 657 g/mol. The average molecular weight is 723 g/mol. The lowest BCUT2D eigenvalue weighted by atomic mass is 9.68. The minimum atomic E-state index is -2.60. The first-order valence-corrected chi connectivity index (χ1v) is 25.8. The number of benzene rings is 3. The molecule has 0 amide bonds. The van der Waals surface area contributed by atoms with Gasteiger partial charge in [-0.1, -0.05) is 136 Å². The van der Waals surface area contributed by atoms with Gasteiger partial charge in [-0.2, -0.15) is 25.3 Å². The second-order valence-corrected chi connectivity index (χ2v) is 24.0. The van der Waals surface area contributed by atoms with Gasteiger partial charge >= 0.3 is 0 Å². The van der Waals surface area contributed by atoms with Crippen molar-refractivity contribution in [2.75, 3.05) is 11.5 Å². The number of thiol groups is 2. The van der Waals surface area contributed by atoms with Gasteiger partial charge in [0, 0.05) is 10.8 Å². The molecule has 0 saturated heterocycles. The minimum Gasteiger partial charge on any atom is -0.432 e. The Hall–Kier alpha value is -1.29. The lowest BCUT2D eigenvalue weighted by Crippen LogP contribution is -2.43. The third-order valence-corrected chi connectivity index (χ3v) is 16.9. The molecule has 3 aromatic rings. The molecule has 4 atom stereocenters. The third-order valence-electron chi connectivity index (χ3n) is 10.7. The minimum absolute atomic E-state index is 0.292. The summed E-state index contributed by atoms with van der Waals surface area (Å²) >= 11 is 9.06. The molecule has 3 aromatic carbocycles. The Morgan fingerprint density at radius 2 is 0.917 bits per heavy atom. The maximum atomic E-state index is 12.2. The van der Waals surface area contributed by atoms with Crippen molar-refractivity contribution in [3.63, 3.8) is 0 Å². The maximum absolute atomic E-state index is 12.2. The Bertz CT molecular complexity index is 1260. The quantitative estimate of drug-likeness (QED) is 0.0474. The summed E-state index contributed by atoms with van der Waals surface area (Å²) in [5, 5.41) is 0. The largest absolute Gasteiger partial charge is 0.432 e. The van der Waals surface area contributed by atoms with E-state index in [2.05, 4.69) is 139 Å². The van der Waals surface area contributed by atoms with Gasteiger partial charge in [0.1, 0.15) is 0 Å². The van der Waals surface area contributed by atoms with Gasteiger partial charge in [-0.05, 0) is 111 Å². The van der Waals surface area contributed by atoms with Gasteiger partial charge in [0.2, 0.25) is 0 Å². The Morgan fingerprint density at radius 1 is 0.542 bits per heavy atom. The summed E-state index contributed by atoms with van der Waals surface area (Å²) in [5.41, 5.74) is 7.22. The summed E-state index contributed by atoms with van der Waals surface area (Å²) in [6.45, 7) is 13.2. The van der Waals surface area contributed by atoms with Crippen LogP contribution in [0, 0.1) is 13.8 Å². The molecule has 2 nitrogen and oxygen atoms in total. The van der Waals surface area contributed by atoms with E-state index in [0.29, 0.717) is 0 Å². The molecule has 0 aliphatic carbocycles. The van der Waals surface area contributed by atoms with Crippen molar-refractivity contribution in [1.82, 2.24) is 0 Å². The van der Waals surface area contributed by atoms with E-state index in [1.165, 1.54) is 46.2 Å². The summed E-state index contributed by atoms with van der Waals surface area (Å²) in [7, 11) is -5.20. The highest BCUT2D eigenvalue weighted by atomic mass is 32.1. The SMILES string of the molecule is CCCCCC(C[Si](C)(O)CCCS)(c1ccc(C)cc1)c1cccc(C(CCCCC)(C[Si](C)(O)CCCS)c2ccc(C)cc2)c1. The van der Waals surface area contributed by atoms with E-state index in [4.69, 9.17) is 0 Å². The lowest BCUT2D eigenvalue weighted by molar-refractivity contribution is 0.431. The van der Waals surface area contributed by atoms with Crippen molar-refractivity contribution in [2.45, 2.75) is 140 Å². The molecule has 0 aromatic heterocycles. The fourth-order valence-corrected chi connectivity index (χ4v) is 15.0. The van der Waals surface area contributed by atoms with E-state index < -0.39 is 16.6 Å². The first-order chi connectivity index (χ1) is 22.9. The molecule has 0 spiro atoms. The number of rotatable bonds is 22. The molecule has 266 valence electrons. The van der Waals surface area contributed by atoms with E-state index in [9.17, 15) is 9.59 Å². The van der Waals surface area contributed by atoms with Crippen molar-refractivity contribution < 1.29 is 9.59 Å². The van der Waals surface area contributed by atoms with Crippen LogP contribution in [0.3, 0.4) is 0 Å². The molecule has 6 heteroatoms. The van der Waals surface area contributed by atoms with Crippen LogP contribution in [-0.2, 0) is 10.8 Å². The van der Waals surface area contributed by atoms with Gasteiger partial charge < -0.3 is 9.59 Å². The summed E-state index contributed by atoms with van der Waals surface area (Å²) in [6.07, 6.45) is 10.8. The van der Waals surface area contributed by atoms with Gasteiger partial charge in [0.25, 0.3) is 0 Å². The van der Waals surface area contributed by atoms with Crippen LogP contribution < -0.4 is 0 Å². The maximum Gasteiger partial charge on any atom is 0.186 e. The lowest BCUT2D eigenvalue weighted by Gasteiger charge is -2.43. The zero-order chi connectivity index (χ0) is 35.3. The fraction of sp³-hybridized carbons (Fsp3) is 0.571. The van der Waals surface area contributed by atoms with Crippen LogP contribution in [0.5, 0.6) is 0 Å². The van der Waals surface area contributed by atoms with Crippen molar-refractivity contribution >= 4 is 41.9 Å². The molecule has 0 aliphatic heterocycles. The predicted molar refractivity (Wildman–Crippen MR) is 222 cm³/mol. The molecule has 0 radical (unpaired) electrons. The molecule has 2 N–H and O–H groups in total. The molecule has 0 saturated carbocycles. The molecule has 4 unspecified atom stereocenters. The molecule has 0 bridgehead atoms. The van der Waals surface area contributed by atoms with Gasteiger partial charge in [-0.25, -0.2) is 0 Å². The zero-order valence-corrected chi connectivity index (χ0v) is 34.8. The van der Waals surface area contributed by atoms with Crippen molar-refractivity contribution in [2.24, 2.45) is 0 Å². The topological polar surface area (TPSA) is 40.5 Å². The summed E-state index contributed by atoms with van der Waals surface area (Å²) in [6, 6.07) is 31.2. The summed E-state index contributed by atoms with van der Waals surface area (Å²) < 4.78 is 0. The van der Waals surface area contributed by atoms with Crippen LogP contribution in [0.1, 0.15) is 111 Å².